The van der Waals surface area contributed by atoms with Gasteiger partial charge in [0.25, 0.3) is 5.91 Å². The molecule has 0 atom stereocenters. The Hall–Kier alpha value is -1.54. The Labute approximate surface area is 163 Å². The lowest BCUT2D eigenvalue weighted by atomic mass is 10.2. The molecule has 0 aliphatic rings. The highest BCUT2D eigenvalue weighted by atomic mass is 35.5. The molecule has 0 unspecified atom stereocenters. The molecule has 2 rings (SSSR count). The summed E-state index contributed by atoms with van der Waals surface area (Å²) in [6.07, 6.45) is 1.97. The van der Waals surface area contributed by atoms with Crippen molar-refractivity contribution in [1.82, 2.24) is 4.31 Å². The summed E-state index contributed by atoms with van der Waals surface area (Å²) in [4.78, 5) is 13.7. The van der Waals surface area contributed by atoms with Crippen LogP contribution in [0.4, 0.5) is 5.69 Å². The molecule has 0 saturated heterocycles. The molecule has 0 spiro atoms. The van der Waals surface area contributed by atoms with Crippen LogP contribution in [0.5, 0.6) is 0 Å². The van der Waals surface area contributed by atoms with Crippen LogP contribution < -0.4 is 5.32 Å². The number of anilines is 1. The van der Waals surface area contributed by atoms with E-state index in [1.807, 2.05) is 18.4 Å². The lowest BCUT2D eigenvalue weighted by Crippen LogP contribution is -2.30. The third-order valence-electron chi connectivity index (χ3n) is 3.87. The third-order valence-corrected chi connectivity index (χ3v) is 6.99. The van der Waals surface area contributed by atoms with Crippen LogP contribution in [-0.2, 0) is 10.0 Å². The zero-order chi connectivity index (χ0) is 19.3. The van der Waals surface area contributed by atoms with Crippen molar-refractivity contribution in [2.75, 3.05) is 24.7 Å². The Morgan fingerprint density at radius 3 is 2.27 bits per heavy atom. The molecule has 26 heavy (non-hydrogen) atoms. The first-order chi connectivity index (χ1) is 12.3. The van der Waals surface area contributed by atoms with Crippen molar-refractivity contribution in [1.29, 1.82) is 0 Å². The van der Waals surface area contributed by atoms with Crippen LogP contribution in [0.2, 0.25) is 5.02 Å². The smallest absolute Gasteiger partial charge is 0.257 e. The second-order valence-corrected chi connectivity index (χ2v) is 8.64. The number of carbonyl (C=O) groups is 1. The van der Waals surface area contributed by atoms with E-state index in [4.69, 9.17) is 11.6 Å². The van der Waals surface area contributed by atoms with Gasteiger partial charge in [-0.15, -0.1) is 11.8 Å². The van der Waals surface area contributed by atoms with Gasteiger partial charge in [-0.1, -0.05) is 25.4 Å². The maximum absolute atomic E-state index is 12.7. The summed E-state index contributed by atoms with van der Waals surface area (Å²) in [5.74, 6) is -0.455. The van der Waals surface area contributed by atoms with E-state index >= 15 is 0 Å². The fourth-order valence-corrected chi connectivity index (χ4v) is 4.52. The topological polar surface area (TPSA) is 66.5 Å². The first kappa shape index (κ1) is 20.8. The molecule has 0 saturated carbocycles. The lowest BCUT2D eigenvalue weighted by molar-refractivity contribution is 0.102. The van der Waals surface area contributed by atoms with Crippen molar-refractivity contribution >= 4 is 45.0 Å². The number of hydrogen-bond acceptors (Lipinski definition) is 4. The van der Waals surface area contributed by atoms with Crippen molar-refractivity contribution in [3.63, 3.8) is 0 Å². The number of nitrogens with zero attached hydrogens (tertiary/aromatic N) is 1. The van der Waals surface area contributed by atoms with E-state index in [0.717, 1.165) is 4.90 Å². The van der Waals surface area contributed by atoms with Gasteiger partial charge in [0.15, 0.2) is 0 Å². The predicted molar refractivity (Wildman–Crippen MR) is 108 cm³/mol. The molecule has 0 radical (unpaired) electrons. The van der Waals surface area contributed by atoms with E-state index in [2.05, 4.69) is 5.32 Å². The molecule has 0 aliphatic carbocycles. The first-order valence-corrected chi connectivity index (χ1v) is 11.1. The molecule has 8 heteroatoms. The van der Waals surface area contributed by atoms with Gasteiger partial charge in [0, 0.05) is 23.7 Å². The highest BCUT2D eigenvalue weighted by Crippen LogP contribution is 2.24. The van der Waals surface area contributed by atoms with Crippen LogP contribution in [0, 0.1) is 0 Å². The van der Waals surface area contributed by atoms with E-state index < -0.39 is 15.9 Å². The number of thioether (sulfide) groups is 1. The zero-order valence-electron chi connectivity index (χ0n) is 14.8. The van der Waals surface area contributed by atoms with E-state index in [0.29, 0.717) is 18.8 Å². The molecule has 0 heterocycles. The molecule has 0 aromatic heterocycles. The Balaban J connectivity index is 2.32. The predicted octanol–water partition coefficient (Wildman–Crippen LogP) is 4.34. The van der Waals surface area contributed by atoms with Gasteiger partial charge in [0.1, 0.15) is 0 Å². The second-order valence-electron chi connectivity index (χ2n) is 5.41. The Kier molecular flexibility index (Phi) is 7.11. The van der Waals surface area contributed by atoms with Gasteiger partial charge < -0.3 is 5.32 Å². The SMILES string of the molecule is CCN(CC)S(=O)(=O)c1ccc(Cl)c(C(=O)Nc2ccc(SC)cc2)c1. The molecule has 0 fully saturated rings. The molecule has 140 valence electrons. The largest absolute Gasteiger partial charge is 0.322 e. The highest BCUT2D eigenvalue weighted by Gasteiger charge is 2.23. The summed E-state index contributed by atoms with van der Waals surface area (Å²) in [6, 6.07) is 11.5. The fraction of sp³-hybridized carbons (Fsp3) is 0.278. The van der Waals surface area contributed by atoms with E-state index in [1.165, 1.54) is 22.5 Å². The van der Waals surface area contributed by atoms with Crippen molar-refractivity contribution in [2.45, 2.75) is 23.6 Å². The number of benzene rings is 2. The molecular formula is C18H21ClN2O3S2. The van der Waals surface area contributed by atoms with E-state index in [9.17, 15) is 13.2 Å². The van der Waals surface area contributed by atoms with Gasteiger partial charge >= 0.3 is 0 Å². The quantitative estimate of drug-likeness (QED) is 0.686. The standard InChI is InChI=1S/C18H21ClN2O3S2/c1-4-21(5-2)26(23,24)15-10-11-17(19)16(12-15)18(22)20-13-6-8-14(25-3)9-7-13/h6-12H,4-5H2,1-3H3,(H,20,22). The first-order valence-electron chi connectivity index (χ1n) is 8.08. The lowest BCUT2D eigenvalue weighted by Gasteiger charge is -2.19. The number of nitrogens with one attached hydrogen (secondary N) is 1. The number of rotatable bonds is 7. The van der Waals surface area contributed by atoms with Gasteiger partial charge in [-0.2, -0.15) is 4.31 Å². The van der Waals surface area contributed by atoms with Crippen molar-refractivity contribution < 1.29 is 13.2 Å². The molecule has 0 aliphatic heterocycles. The van der Waals surface area contributed by atoms with Gasteiger partial charge in [-0.05, 0) is 48.7 Å². The van der Waals surface area contributed by atoms with Gasteiger partial charge in [0.2, 0.25) is 10.0 Å². The Bertz CT molecular complexity index is 880. The molecule has 1 N–H and O–H groups in total. The minimum atomic E-state index is -3.66. The normalized spacial score (nSPS) is 11.6. The van der Waals surface area contributed by atoms with Crippen molar-refractivity contribution in [2.24, 2.45) is 0 Å². The van der Waals surface area contributed by atoms with Gasteiger partial charge in [-0.25, -0.2) is 8.42 Å². The number of hydrogen-bond donors (Lipinski definition) is 1. The molecule has 0 bridgehead atoms. The van der Waals surface area contributed by atoms with Crippen molar-refractivity contribution in [3.05, 3.63) is 53.1 Å². The van der Waals surface area contributed by atoms with Crippen molar-refractivity contribution in [3.8, 4) is 0 Å². The number of sulfonamides is 1. The number of carbonyl (C=O) groups excluding carboxylic acids is 1. The van der Waals surface area contributed by atoms with Crippen LogP contribution in [0.15, 0.2) is 52.3 Å². The third kappa shape index (κ3) is 4.59. The van der Waals surface area contributed by atoms with Crippen LogP contribution in [0.3, 0.4) is 0 Å². The zero-order valence-corrected chi connectivity index (χ0v) is 17.2. The Morgan fingerprint density at radius 2 is 1.73 bits per heavy atom. The Morgan fingerprint density at radius 1 is 1.12 bits per heavy atom. The molecule has 2 aromatic rings. The number of amides is 1. The summed E-state index contributed by atoms with van der Waals surface area (Å²) in [6.45, 7) is 4.24. The van der Waals surface area contributed by atoms with E-state index in [1.54, 1.807) is 37.7 Å². The fourth-order valence-electron chi connectivity index (χ4n) is 2.42. The average Bonchev–Trinajstić information content (AvgIpc) is 2.63. The average molecular weight is 413 g/mol. The molecule has 2 aromatic carbocycles. The van der Waals surface area contributed by atoms with Crippen LogP contribution >= 0.6 is 23.4 Å². The summed E-state index contributed by atoms with van der Waals surface area (Å²) in [5.41, 5.74) is 0.731. The minimum Gasteiger partial charge on any atom is -0.322 e. The molecule has 1 amide bonds. The molecular weight excluding hydrogens is 392 g/mol. The maximum Gasteiger partial charge on any atom is 0.257 e. The summed E-state index contributed by atoms with van der Waals surface area (Å²) < 4.78 is 26.6. The van der Waals surface area contributed by atoms with Crippen LogP contribution in [0.1, 0.15) is 24.2 Å². The van der Waals surface area contributed by atoms with Gasteiger partial charge in [-0.3, -0.25) is 4.79 Å². The monoisotopic (exact) mass is 412 g/mol. The minimum absolute atomic E-state index is 0.0495. The summed E-state index contributed by atoms with van der Waals surface area (Å²) >= 11 is 7.73. The number of halogens is 1. The van der Waals surface area contributed by atoms with Crippen LogP contribution in [0.25, 0.3) is 0 Å². The highest BCUT2D eigenvalue weighted by molar-refractivity contribution is 7.98. The van der Waals surface area contributed by atoms with Crippen LogP contribution in [-0.4, -0.2) is 38.0 Å². The maximum atomic E-state index is 12.7. The second kappa shape index (κ2) is 8.90. The van der Waals surface area contributed by atoms with Gasteiger partial charge in [0.05, 0.1) is 15.5 Å². The summed E-state index contributed by atoms with van der Waals surface area (Å²) in [7, 11) is -3.66. The summed E-state index contributed by atoms with van der Waals surface area (Å²) in [5, 5.41) is 2.94. The molecule has 5 nitrogen and oxygen atoms in total. The van der Waals surface area contributed by atoms with E-state index in [-0.39, 0.29) is 15.5 Å².